The van der Waals surface area contributed by atoms with E-state index in [-0.39, 0.29) is 12.2 Å². The molecular weight excluding hydrogens is 282 g/mol. The van der Waals surface area contributed by atoms with Crippen molar-refractivity contribution < 1.29 is 14.3 Å². The van der Waals surface area contributed by atoms with Crippen molar-refractivity contribution in [2.45, 2.75) is 59.2 Å². The van der Waals surface area contributed by atoms with E-state index in [1.54, 1.807) is 4.90 Å². The molecule has 6 heteroatoms. The van der Waals surface area contributed by atoms with E-state index in [9.17, 15) is 4.79 Å². The molecule has 0 N–H and O–H groups in total. The van der Waals surface area contributed by atoms with Crippen molar-refractivity contribution in [1.82, 2.24) is 14.9 Å². The number of ether oxygens (including phenoxy) is 2. The second-order valence-electron chi connectivity index (χ2n) is 6.74. The van der Waals surface area contributed by atoms with E-state index < -0.39 is 5.60 Å². The van der Waals surface area contributed by atoms with Gasteiger partial charge in [0, 0.05) is 17.9 Å². The predicted molar refractivity (Wildman–Crippen MR) is 83.0 cm³/mol. The lowest BCUT2D eigenvalue weighted by Gasteiger charge is -2.33. The predicted octanol–water partition coefficient (Wildman–Crippen LogP) is 2.87. The van der Waals surface area contributed by atoms with Crippen molar-refractivity contribution in [2.24, 2.45) is 0 Å². The van der Waals surface area contributed by atoms with Gasteiger partial charge in [-0.1, -0.05) is 0 Å². The first-order valence-electron chi connectivity index (χ1n) is 7.70. The van der Waals surface area contributed by atoms with Gasteiger partial charge in [-0.25, -0.2) is 14.8 Å². The molecule has 0 bridgehead atoms. The molecule has 0 aromatic carbocycles. The number of hydrogen-bond acceptors (Lipinski definition) is 5. The number of aryl methyl sites for hydroxylation is 2. The molecule has 0 saturated carbocycles. The summed E-state index contributed by atoms with van der Waals surface area (Å²) in [5, 5.41) is 0. The normalized spacial score (nSPS) is 19.0. The maximum absolute atomic E-state index is 12.1. The van der Waals surface area contributed by atoms with Crippen LogP contribution in [-0.2, 0) is 4.74 Å². The highest BCUT2D eigenvalue weighted by atomic mass is 16.6. The molecule has 0 radical (unpaired) electrons. The van der Waals surface area contributed by atoms with Crippen LogP contribution in [0.3, 0.4) is 0 Å². The fraction of sp³-hybridized carbons (Fsp3) is 0.688. The number of nitrogens with zero attached hydrogens (tertiary/aromatic N) is 3. The Kier molecular flexibility index (Phi) is 4.88. The summed E-state index contributed by atoms with van der Waals surface area (Å²) in [6, 6.07) is 2.29. The minimum absolute atomic E-state index is 0.0949. The number of carbonyl (C=O) groups excluding carboxylic acids is 1. The number of hydrogen-bond donors (Lipinski definition) is 0. The van der Waals surface area contributed by atoms with Crippen LogP contribution in [0.1, 0.15) is 45.0 Å². The van der Waals surface area contributed by atoms with Crippen LogP contribution in [0, 0.1) is 13.8 Å². The first-order chi connectivity index (χ1) is 10.2. The molecular formula is C16H25N3O3. The first kappa shape index (κ1) is 16.5. The van der Waals surface area contributed by atoms with Crippen molar-refractivity contribution in [1.29, 1.82) is 0 Å². The summed E-state index contributed by atoms with van der Waals surface area (Å²) in [6.45, 7) is 10.6. The van der Waals surface area contributed by atoms with Crippen LogP contribution in [-0.4, -0.2) is 45.8 Å². The molecule has 1 aliphatic heterocycles. The second kappa shape index (κ2) is 6.50. The van der Waals surface area contributed by atoms with Gasteiger partial charge < -0.3 is 14.4 Å². The van der Waals surface area contributed by atoms with Crippen molar-refractivity contribution in [3.05, 3.63) is 17.5 Å². The lowest BCUT2D eigenvalue weighted by molar-refractivity contribution is 0.00655. The lowest BCUT2D eigenvalue weighted by atomic mass is 10.1. The van der Waals surface area contributed by atoms with E-state index in [0.29, 0.717) is 19.1 Å². The molecule has 1 amide bonds. The lowest BCUT2D eigenvalue weighted by Crippen LogP contribution is -2.46. The molecule has 0 spiro atoms. The van der Waals surface area contributed by atoms with Gasteiger partial charge >= 0.3 is 12.1 Å². The number of aromatic nitrogens is 2. The molecule has 1 aliphatic rings. The highest BCUT2D eigenvalue weighted by molar-refractivity contribution is 5.68. The van der Waals surface area contributed by atoms with Gasteiger partial charge in [0.25, 0.3) is 0 Å². The number of rotatable bonds is 2. The summed E-state index contributed by atoms with van der Waals surface area (Å²) in [7, 11) is 0. The zero-order valence-corrected chi connectivity index (χ0v) is 14.0. The summed E-state index contributed by atoms with van der Waals surface area (Å²) in [4.78, 5) is 22.4. The zero-order chi connectivity index (χ0) is 16.3. The molecule has 1 aromatic heterocycles. The number of likely N-dealkylation sites (tertiary alicyclic amines) is 1. The maximum Gasteiger partial charge on any atom is 0.410 e. The molecule has 2 heterocycles. The summed E-state index contributed by atoms with van der Waals surface area (Å²) in [5.74, 6) is 0. The van der Waals surface area contributed by atoms with Crippen molar-refractivity contribution in [3.8, 4) is 6.01 Å². The summed E-state index contributed by atoms with van der Waals surface area (Å²) in [6.07, 6.45) is 1.38. The zero-order valence-electron chi connectivity index (χ0n) is 14.0. The SMILES string of the molecule is Cc1cc(C)nc(O[C@H]2CCCN(C(=O)OC(C)(C)C)C2)n1. The van der Waals surface area contributed by atoms with E-state index in [2.05, 4.69) is 9.97 Å². The Morgan fingerprint density at radius 1 is 1.27 bits per heavy atom. The van der Waals surface area contributed by atoms with Gasteiger partial charge in [-0.3, -0.25) is 0 Å². The van der Waals surface area contributed by atoms with Gasteiger partial charge in [0.05, 0.1) is 6.54 Å². The van der Waals surface area contributed by atoms with Crippen molar-refractivity contribution in [2.75, 3.05) is 13.1 Å². The standard InChI is InChI=1S/C16H25N3O3/c1-11-9-12(2)18-14(17-11)21-13-7-6-8-19(10-13)15(20)22-16(3,4)5/h9,13H,6-8,10H2,1-5H3/t13-/m0/s1. The van der Waals surface area contributed by atoms with Crippen LogP contribution in [0.4, 0.5) is 4.79 Å². The monoisotopic (exact) mass is 307 g/mol. The molecule has 1 saturated heterocycles. The van der Waals surface area contributed by atoms with Crippen LogP contribution >= 0.6 is 0 Å². The van der Waals surface area contributed by atoms with E-state index in [0.717, 1.165) is 24.2 Å². The topological polar surface area (TPSA) is 64.5 Å². The molecule has 122 valence electrons. The van der Waals surface area contributed by atoms with E-state index in [1.807, 2.05) is 40.7 Å². The molecule has 0 aliphatic carbocycles. The summed E-state index contributed by atoms with van der Waals surface area (Å²) in [5.41, 5.74) is 1.27. The Hall–Kier alpha value is -1.85. The quantitative estimate of drug-likeness (QED) is 0.840. The van der Waals surface area contributed by atoms with Gasteiger partial charge in [-0.05, 0) is 53.5 Å². The largest absolute Gasteiger partial charge is 0.458 e. The first-order valence-corrected chi connectivity index (χ1v) is 7.70. The Balaban J connectivity index is 1.97. The van der Waals surface area contributed by atoms with Crippen molar-refractivity contribution in [3.63, 3.8) is 0 Å². The fourth-order valence-corrected chi connectivity index (χ4v) is 2.42. The van der Waals surface area contributed by atoms with E-state index >= 15 is 0 Å². The molecule has 1 fully saturated rings. The highest BCUT2D eigenvalue weighted by Gasteiger charge is 2.29. The van der Waals surface area contributed by atoms with Crippen LogP contribution in [0.2, 0.25) is 0 Å². The van der Waals surface area contributed by atoms with Crippen LogP contribution in [0.5, 0.6) is 6.01 Å². The Bertz CT molecular complexity index is 520. The minimum atomic E-state index is -0.484. The van der Waals surface area contributed by atoms with Crippen LogP contribution in [0.25, 0.3) is 0 Å². The third-order valence-corrected chi connectivity index (χ3v) is 3.26. The highest BCUT2D eigenvalue weighted by Crippen LogP contribution is 2.18. The molecule has 2 rings (SSSR count). The van der Waals surface area contributed by atoms with Gasteiger partial charge in [0.2, 0.25) is 0 Å². The van der Waals surface area contributed by atoms with Gasteiger partial charge in [0.15, 0.2) is 0 Å². The second-order valence-corrected chi connectivity index (χ2v) is 6.74. The Labute approximate surface area is 131 Å². The van der Waals surface area contributed by atoms with Gasteiger partial charge in [-0.2, -0.15) is 0 Å². The van der Waals surface area contributed by atoms with E-state index in [4.69, 9.17) is 9.47 Å². The number of amides is 1. The Morgan fingerprint density at radius 2 is 1.91 bits per heavy atom. The van der Waals surface area contributed by atoms with Crippen molar-refractivity contribution >= 4 is 6.09 Å². The van der Waals surface area contributed by atoms with Crippen LogP contribution in [0.15, 0.2) is 6.07 Å². The third kappa shape index (κ3) is 4.86. The van der Waals surface area contributed by atoms with Crippen LogP contribution < -0.4 is 4.74 Å². The molecule has 1 atom stereocenters. The smallest absolute Gasteiger partial charge is 0.410 e. The third-order valence-electron chi connectivity index (χ3n) is 3.26. The molecule has 6 nitrogen and oxygen atoms in total. The number of carbonyl (C=O) groups is 1. The molecule has 0 unspecified atom stereocenters. The molecule has 22 heavy (non-hydrogen) atoms. The van der Waals surface area contributed by atoms with Gasteiger partial charge in [0.1, 0.15) is 11.7 Å². The van der Waals surface area contributed by atoms with E-state index in [1.165, 1.54) is 0 Å². The average molecular weight is 307 g/mol. The average Bonchev–Trinajstić information content (AvgIpc) is 2.35. The Morgan fingerprint density at radius 3 is 2.50 bits per heavy atom. The summed E-state index contributed by atoms with van der Waals surface area (Å²) >= 11 is 0. The van der Waals surface area contributed by atoms with Gasteiger partial charge in [-0.15, -0.1) is 0 Å². The maximum atomic E-state index is 12.1. The molecule has 1 aromatic rings. The number of piperidine rings is 1. The minimum Gasteiger partial charge on any atom is -0.458 e. The fourth-order valence-electron chi connectivity index (χ4n) is 2.42. The summed E-state index contributed by atoms with van der Waals surface area (Å²) < 4.78 is 11.3.